The molecule has 0 saturated heterocycles. The molecule has 0 amide bonds. The molecule has 0 spiro atoms. The van der Waals surface area contributed by atoms with E-state index in [-0.39, 0.29) is 0 Å². The molecular formula is C2H3N3O. The van der Waals surface area contributed by atoms with Crippen LogP contribution in [0, 0.1) is 0 Å². The van der Waals surface area contributed by atoms with Gasteiger partial charge in [-0.05, 0) is 0 Å². The van der Waals surface area contributed by atoms with Crippen LogP contribution < -0.4 is 5.73 Å². The van der Waals surface area contributed by atoms with Crippen molar-refractivity contribution in [3.05, 3.63) is 6.26 Å². The molecule has 0 aliphatic carbocycles. The predicted molar refractivity (Wildman–Crippen MR) is 18.7 cm³/mol. The molecule has 32 valence electrons. The minimum Gasteiger partial charge on any atom is -0.379 e. The number of aromatic nitrogens is 2. The molecular weight excluding hydrogens is 82.0 g/mol. The van der Waals surface area contributed by atoms with Crippen molar-refractivity contribution in [1.29, 1.82) is 0 Å². The molecule has 1 aromatic rings. The van der Waals surface area contributed by atoms with Crippen molar-refractivity contribution in [2.24, 2.45) is 0 Å². The molecule has 0 bridgehead atoms. The zero-order valence-electron chi connectivity index (χ0n) is 2.96. The van der Waals surface area contributed by atoms with E-state index in [1.807, 2.05) is 0 Å². The molecule has 4 heteroatoms. The van der Waals surface area contributed by atoms with Gasteiger partial charge >= 0.3 is 0 Å². The molecule has 6 heavy (non-hydrogen) atoms. The highest BCUT2D eigenvalue weighted by Crippen LogP contribution is 1.85. The molecule has 0 aliphatic heterocycles. The van der Waals surface area contributed by atoms with Crippen molar-refractivity contribution in [2.45, 2.75) is 0 Å². The fourth-order valence-electron chi connectivity index (χ4n) is 0.172. The fraction of sp³-hybridized carbons (Fsp3) is 0. The van der Waals surface area contributed by atoms with E-state index in [1.165, 1.54) is 6.26 Å². The number of hydrogen-bond acceptors (Lipinski definition) is 4. The topological polar surface area (TPSA) is 64.9 Å². The first-order chi connectivity index (χ1) is 2.89. The van der Waals surface area contributed by atoms with E-state index in [0.29, 0.717) is 5.82 Å². The zero-order chi connectivity index (χ0) is 4.41. The van der Waals surface area contributed by atoms with Gasteiger partial charge in [0.15, 0.2) is 12.1 Å². The molecule has 0 unspecified atom stereocenters. The molecule has 1 aromatic heterocycles. The maximum absolute atomic E-state index is 5.01. The Kier molecular flexibility index (Phi) is 0.506. The van der Waals surface area contributed by atoms with Crippen molar-refractivity contribution in [3.8, 4) is 0 Å². The Labute approximate surface area is 33.9 Å². The van der Waals surface area contributed by atoms with Crippen molar-refractivity contribution >= 4 is 5.82 Å². The molecule has 4 nitrogen and oxygen atoms in total. The monoisotopic (exact) mass is 85.0 g/mol. The maximum atomic E-state index is 5.01. The first-order valence-electron chi connectivity index (χ1n) is 1.42. The molecule has 0 radical (unpaired) electrons. The third kappa shape index (κ3) is 0.314. The predicted octanol–water partition coefficient (Wildman–Crippen LogP) is -0.348. The van der Waals surface area contributed by atoms with Crippen LogP contribution in [0.15, 0.2) is 10.8 Å². The van der Waals surface area contributed by atoms with E-state index in [0.717, 1.165) is 0 Å². The number of rotatable bonds is 0. The SMILES string of the molecule is Nc1conn1. The lowest BCUT2D eigenvalue weighted by Crippen LogP contribution is -1.81. The highest BCUT2D eigenvalue weighted by atomic mass is 16.5. The molecule has 0 fully saturated rings. The van der Waals surface area contributed by atoms with E-state index in [2.05, 4.69) is 14.9 Å². The summed E-state index contributed by atoms with van der Waals surface area (Å²) < 4.78 is 4.23. The standard InChI is InChI=1S/C2H3N3O/c3-2-1-6-5-4-2/h1H,3H2. The van der Waals surface area contributed by atoms with Gasteiger partial charge in [-0.3, -0.25) is 0 Å². The lowest BCUT2D eigenvalue weighted by molar-refractivity contribution is 0.393. The number of nitrogens with two attached hydrogens (primary N) is 1. The van der Waals surface area contributed by atoms with Crippen molar-refractivity contribution in [3.63, 3.8) is 0 Å². The van der Waals surface area contributed by atoms with Crippen LogP contribution in [0.3, 0.4) is 0 Å². The van der Waals surface area contributed by atoms with Gasteiger partial charge in [-0.15, -0.1) is 0 Å². The largest absolute Gasteiger partial charge is 0.379 e. The van der Waals surface area contributed by atoms with E-state index in [4.69, 9.17) is 5.73 Å². The Morgan fingerprint density at radius 2 is 2.67 bits per heavy atom. The highest BCUT2D eigenvalue weighted by molar-refractivity contribution is 5.16. The molecule has 0 aliphatic rings. The smallest absolute Gasteiger partial charge is 0.187 e. The van der Waals surface area contributed by atoms with E-state index >= 15 is 0 Å². The summed E-state index contributed by atoms with van der Waals surface area (Å²) in [5.41, 5.74) is 5.01. The van der Waals surface area contributed by atoms with Crippen LogP contribution in [0.2, 0.25) is 0 Å². The van der Waals surface area contributed by atoms with Gasteiger partial charge in [0.25, 0.3) is 0 Å². The zero-order valence-corrected chi connectivity index (χ0v) is 2.96. The Balaban J connectivity index is 3.05. The first kappa shape index (κ1) is 3.14. The van der Waals surface area contributed by atoms with Crippen LogP contribution in [-0.4, -0.2) is 10.4 Å². The average Bonchev–Trinajstić information content (AvgIpc) is 1.86. The van der Waals surface area contributed by atoms with E-state index in [9.17, 15) is 0 Å². The number of anilines is 1. The Morgan fingerprint density at radius 3 is 2.83 bits per heavy atom. The van der Waals surface area contributed by atoms with Crippen molar-refractivity contribution in [2.75, 3.05) is 5.73 Å². The number of nitrogens with zero attached hydrogens (tertiary/aromatic N) is 2. The third-order valence-corrected chi connectivity index (χ3v) is 0.377. The molecule has 0 aromatic carbocycles. The summed E-state index contributed by atoms with van der Waals surface area (Å²) in [5.74, 6) is 0.315. The quantitative estimate of drug-likeness (QED) is 0.467. The van der Waals surface area contributed by atoms with Crippen LogP contribution in [0.25, 0.3) is 0 Å². The minimum atomic E-state index is 0.315. The second kappa shape index (κ2) is 0.965. The number of nitrogen functional groups attached to an aromatic ring is 1. The average molecular weight is 85.1 g/mol. The van der Waals surface area contributed by atoms with E-state index < -0.39 is 0 Å². The maximum Gasteiger partial charge on any atom is 0.187 e. The third-order valence-electron chi connectivity index (χ3n) is 0.377. The van der Waals surface area contributed by atoms with Gasteiger partial charge in [-0.1, -0.05) is 5.10 Å². The molecule has 0 saturated carbocycles. The van der Waals surface area contributed by atoms with Gasteiger partial charge < -0.3 is 10.3 Å². The first-order valence-corrected chi connectivity index (χ1v) is 1.42. The second-order valence-corrected chi connectivity index (χ2v) is 0.830. The lowest BCUT2D eigenvalue weighted by atomic mass is 10.8. The van der Waals surface area contributed by atoms with Gasteiger partial charge in [0.05, 0.1) is 0 Å². The highest BCUT2D eigenvalue weighted by Gasteiger charge is 1.80. The normalized spacial score (nSPS) is 8.67. The Morgan fingerprint density at radius 1 is 1.83 bits per heavy atom. The van der Waals surface area contributed by atoms with E-state index in [1.54, 1.807) is 0 Å². The van der Waals surface area contributed by atoms with Crippen LogP contribution in [-0.2, 0) is 0 Å². The van der Waals surface area contributed by atoms with Crippen molar-refractivity contribution < 1.29 is 4.52 Å². The van der Waals surface area contributed by atoms with Gasteiger partial charge in [-0.2, -0.15) is 0 Å². The van der Waals surface area contributed by atoms with Gasteiger partial charge in [-0.25, -0.2) is 0 Å². The van der Waals surface area contributed by atoms with Crippen molar-refractivity contribution in [1.82, 2.24) is 10.4 Å². The Hall–Kier alpha value is -1.06. The molecule has 2 N–H and O–H groups in total. The summed E-state index contributed by atoms with van der Waals surface area (Å²) in [7, 11) is 0. The van der Waals surface area contributed by atoms with Crippen LogP contribution in [0.1, 0.15) is 0 Å². The van der Waals surface area contributed by atoms with Gasteiger partial charge in [0, 0.05) is 5.27 Å². The second-order valence-electron chi connectivity index (χ2n) is 0.830. The van der Waals surface area contributed by atoms with Crippen LogP contribution in [0.5, 0.6) is 0 Å². The summed E-state index contributed by atoms with van der Waals surface area (Å²) in [4.78, 5) is 0. The summed E-state index contributed by atoms with van der Waals surface area (Å²) in [6.07, 6.45) is 1.26. The molecule has 1 heterocycles. The number of hydrogen-bond donors (Lipinski definition) is 1. The summed E-state index contributed by atoms with van der Waals surface area (Å²) in [6.45, 7) is 0. The lowest BCUT2D eigenvalue weighted by Gasteiger charge is -1.61. The minimum absolute atomic E-state index is 0.315. The summed E-state index contributed by atoms with van der Waals surface area (Å²) in [6, 6.07) is 0. The van der Waals surface area contributed by atoms with Gasteiger partial charge in [0.1, 0.15) is 0 Å². The summed E-state index contributed by atoms with van der Waals surface area (Å²) >= 11 is 0. The molecule has 0 atom stereocenters. The fourth-order valence-corrected chi connectivity index (χ4v) is 0.172. The van der Waals surface area contributed by atoms with Gasteiger partial charge in [0.2, 0.25) is 0 Å². The van der Waals surface area contributed by atoms with Crippen LogP contribution in [0.4, 0.5) is 5.82 Å². The Bertz CT molecular complexity index is 112. The summed E-state index contributed by atoms with van der Waals surface area (Å²) in [5, 5.41) is 6.35. The molecule has 1 rings (SSSR count). The van der Waals surface area contributed by atoms with Crippen LogP contribution >= 0.6 is 0 Å².